The SMILES string of the molecule is O=C(Nc1ccc(C(F)(F)F)cn1)C(CC1CCCC1)c1ccc(Cl)c(Cl)c1. The van der Waals surface area contributed by atoms with Gasteiger partial charge in [0.15, 0.2) is 0 Å². The first-order chi connectivity index (χ1) is 13.2. The third kappa shape index (κ3) is 5.17. The van der Waals surface area contributed by atoms with Crippen LogP contribution in [0.15, 0.2) is 36.5 Å². The minimum atomic E-state index is -4.47. The van der Waals surface area contributed by atoms with Gasteiger partial charge in [-0.3, -0.25) is 4.79 Å². The second kappa shape index (κ2) is 8.70. The van der Waals surface area contributed by atoms with Gasteiger partial charge in [0.05, 0.1) is 21.5 Å². The number of carbonyl (C=O) groups excluding carboxylic acids is 1. The molecular weight excluding hydrogens is 412 g/mol. The van der Waals surface area contributed by atoms with E-state index in [9.17, 15) is 18.0 Å². The van der Waals surface area contributed by atoms with Crippen LogP contribution in [0, 0.1) is 5.92 Å². The van der Waals surface area contributed by atoms with Gasteiger partial charge in [0, 0.05) is 6.20 Å². The Kier molecular flexibility index (Phi) is 6.50. The molecule has 1 atom stereocenters. The molecule has 2 aromatic rings. The minimum absolute atomic E-state index is 0.0782. The monoisotopic (exact) mass is 430 g/mol. The molecule has 1 aliphatic rings. The number of rotatable bonds is 5. The molecule has 1 aliphatic carbocycles. The summed E-state index contributed by atoms with van der Waals surface area (Å²) in [4.78, 5) is 16.7. The van der Waals surface area contributed by atoms with Crippen LogP contribution in [0.2, 0.25) is 10.0 Å². The molecule has 0 aliphatic heterocycles. The van der Waals surface area contributed by atoms with E-state index in [2.05, 4.69) is 10.3 Å². The zero-order valence-electron chi connectivity index (χ0n) is 14.9. The first kappa shape index (κ1) is 20.9. The summed E-state index contributed by atoms with van der Waals surface area (Å²) >= 11 is 12.1. The van der Waals surface area contributed by atoms with Gasteiger partial charge in [0.2, 0.25) is 5.91 Å². The van der Waals surface area contributed by atoms with E-state index in [-0.39, 0.29) is 11.7 Å². The van der Waals surface area contributed by atoms with Gasteiger partial charge in [-0.1, -0.05) is 55.0 Å². The highest BCUT2D eigenvalue weighted by Crippen LogP contribution is 2.36. The minimum Gasteiger partial charge on any atom is -0.310 e. The van der Waals surface area contributed by atoms with Gasteiger partial charge in [-0.2, -0.15) is 13.2 Å². The second-order valence-electron chi connectivity index (χ2n) is 7.03. The van der Waals surface area contributed by atoms with Gasteiger partial charge in [0.25, 0.3) is 0 Å². The van der Waals surface area contributed by atoms with Crippen LogP contribution >= 0.6 is 23.2 Å². The molecule has 1 amide bonds. The number of nitrogens with zero attached hydrogens (tertiary/aromatic N) is 1. The van der Waals surface area contributed by atoms with E-state index in [0.29, 0.717) is 28.6 Å². The molecule has 150 valence electrons. The van der Waals surface area contributed by atoms with Crippen molar-refractivity contribution in [3.63, 3.8) is 0 Å². The van der Waals surface area contributed by atoms with Gasteiger partial charge < -0.3 is 5.32 Å². The summed E-state index contributed by atoms with van der Waals surface area (Å²) in [7, 11) is 0. The Morgan fingerprint density at radius 3 is 2.43 bits per heavy atom. The van der Waals surface area contributed by atoms with E-state index in [0.717, 1.165) is 43.4 Å². The van der Waals surface area contributed by atoms with Crippen molar-refractivity contribution in [1.82, 2.24) is 4.98 Å². The van der Waals surface area contributed by atoms with Crippen LogP contribution in [-0.2, 0) is 11.0 Å². The van der Waals surface area contributed by atoms with Gasteiger partial charge >= 0.3 is 6.18 Å². The number of benzene rings is 1. The Morgan fingerprint density at radius 2 is 1.86 bits per heavy atom. The van der Waals surface area contributed by atoms with Crippen LogP contribution in [0.3, 0.4) is 0 Å². The van der Waals surface area contributed by atoms with E-state index >= 15 is 0 Å². The van der Waals surface area contributed by atoms with Crippen LogP contribution < -0.4 is 5.32 Å². The molecule has 1 fully saturated rings. The summed E-state index contributed by atoms with van der Waals surface area (Å²) in [6.45, 7) is 0. The van der Waals surface area contributed by atoms with Crippen LogP contribution in [0.5, 0.6) is 0 Å². The molecule has 1 N–H and O–H groups in total. The fourth-order valence-corrected chi connectivity index (χ4v) is 3.86. The zero-order valence-corrected chi connectivity index (χ0v) is 16.4. The summed E-state index contributed by atoms with van der Waals surface area (Å²) in [6.07, 6.45) is 1.28. The molecule has 1 heterocycles. The van der Waals surface area contributed by atoms with Gasteiger partial charge in [-0.15, -0.1) is 0 Å². The number of nitrogens with one attached hydrogen (secondary N) is 1. The summed E-state index contributed by atoms with van der Waals surface area (Å²) < 4.78 is 38.0. The van der Waals surface area contributed by atoms with Crippen molar-refractivity contribution < 1.29 is 18.0 Å². The van der Waals surface area contributed by atoms with Gasteiger partial charge in [-0.25, -0.2) is 4.98 Å². The number of amides is 1. The molecular formula is C20H19Cl2F3N2O. The molecule has 0 radical (unpaired) electrons. The highest BCUT2D eigenvalue weighted by Gasteiger charge is 2.31. The Bertz CT molecular complexity index is 834. The topological polar surface area (TPSA) is 42.0 Å². The summed E-state index contributed by atoms with van der Waals surface area (Å²) in [5.74, 6) is -0.306. The molecule has 3 nitrogen and oxygen atoms in total. The average molecular weight is 431 g/mol. The molecule has 1 aromatic carbocycles. The number of pyridine rings is 1. The Balaban J connectivity index is 1.80. The first-order valence-corrected chi connectivity index (χ1v) is 9.78. The van der Waals surface area contributed by atoms with E-state index in [1.54, 1.807) is 18.2 Å². The predicted octanol–water partition coefficient (Wildman–Crippen LogP) is 6.71. The molecule has 1 unspecified atom stereocenters. The van der Waals surface area contributed by atoms with E-state index in [4.69, 9.17) is 23.2 Å². The number of hydrogen-bond donors (Lipinski definition) is 1. The van der Waals surface area contributed by atoms with Crippen molar-refractivity contribution in [2.45, 2.75) is 44.2 Å². The number of alkyl halides is 3. The quantitative estimate of drug-likeness (QED) is 0.572. The smallest absolute Gasteiger partial charge is 0.310 e. The predicted molar refractivity (Wildman–Crippen MR) is 104 cm³/mol. The average Bonchev–Trinajstić information content (AvgIpc) is 3.15. The van der Waals surface area contributed by atoms with Crippen LogP contribution in [-0.4, -0.2) is 10.9 Å². The number of aromatic nitrogens is 1. The maximum atomic E-state index is 12.9. The molecule has 0 bridgehead atoms. The summed E-state index contributed by atoms with van der Waals surface area (Å²) in [6, 6.07) is 7.12. The second-order valence-corrected chi connectivity index (χ2v) is 7.85. The lowest BCUT2D eigenvalue weighted by Crippen LogP contribution is -2.23. The highest BCUT2D eigenvalue weighted by molar-refractivity contribution is 6.42. The van der Waals surface area contributed by atoms with E-state index in [1.807, 2.05) is 0 Å². The van der Waals surface area contributed by atoms with Gasteiger partial charge in [0.1, 0.15) is 5.82 Å². The normalized spacial score (nSPS) is 16.2. The largest absolute Gasteiger partial charge is 0.417 e. The van der Waals surface area contributed by atoms with Crippen LogP contribution in [0.1, 0.15) is 49.1 Å². The van der Waals surface area contributed by atoms with Gasteiger partial charge in [-0.05, 0) is 42.2 Å². The lowest BCUT2D eigenvalue weighted by atomic mass is 9.87. The fraction of sp³-hybridized carbons (Fsp3) is 0.400. The molecule has 8 heteroatoms. The molecule has 0 saturated heterocycles. The number of halogens is 5. The molecule has 28 heavy (non-hydrogen) atoms. The van der Waals surface area contributed by atoms with Crippen molar-refractivity contribution >= 4 is 34.9 Å². The van der Waals surface area contributed by atoms with Crippen molar-refractivity contribution in [2.75, 3.05) is 5.32 Å². The molecule has 1 aromatic heterocycles. The Morgan fingerprint density at radius 1 is 1.14 bits per heavy atom. The zero-order chi connectivity index (χ0) is 20.3. The fourth-order valence-electron chi connectivity index (χ4n) is 3.55. The summed E-state index contributed by atoms with van der Waals surface area (Å²) in [5, 5.41) is 3.39. The Labute approximate surface area is 171 Å². The van der Waals surface area contributed by atoms with Crippen molar-refractivity contribution in [1.29, 1.82) is 0 Å². The third-order valence-electron chi connectivity index (χ3n) is 5.05. The first-order valence-electron chi connectivity index (χ1n) is 9.03. The molecule has 3 rings (SSSR count). The number of anilines is 1. The summed E-state index contributed by atoms with van der Waals surface area (Å²) in [5.41, 5.74) is -0.136. The number of hydrogen-bond acceptors (Lipinski definition) is 2. The Hall–Kier alpha value is -1.79. The van der Waals surface area contributed by atoms with Crippen molar-refractivity contribution in [2.24, 2.45) is 5.92 Å². The maximum Gasteiger partial charge on any atom is 0.417 e. The van der Waals surface area contributed by atoms with Crippen molar-refractivity contribution in [3.8, 4) is 0 Å². The molecule has 1 saturated carbocycles. The highest BCUT2D eigenvalue weighted by atomic mass is 35.5. The third-order valence-corrected chi connectivity index (χ3v) is 5.79. The van der Waals surface area contributed by atoms with Crippen molar-refractivity contribution in [3.05, 3.63) is 57.7 Å². The van der Waals surface area contributed by atoms with Crippen LogP contribution in [0.4, 0.5) is 19.0 Å². The van der Waals surface area contributed by atoms with E-state index < -0.39 is 17.7 Å². The van der Waals surface area contributed by atoms with Crippen LogP contribution in [0.25, 0.3) is 0 Å². The number of carbonyl (C=O) groups is 1. The molecule has 0 spiro atoms. The van der Waals surface area contributed by atoms with E-state index in [1.165, 1.54) is 0 Å². The standard InChI is InChI=1S/C20H19Cl2F3N2O/c21-16-7-5-13(10-17(16)22)15(9-12-3-1-2-4-12)19(28)27-18-8-6-14(11-26-18)20(23,24)25/h5-8,10-12,15H,1-4,9H2,(H,26,27,28). The maximum absolute atomic E-state index is 12.9. The lowest BCUT2D eigenvalue weighted by molar-refractivity contribution is -0.137. The lowest BCUT2D eigenvalue weighted by Gasteiger charge is -2.21.